The first-order valence-electron chi connectivity index (χ1n) is 8.57. The van der Waals surface area contributed by atoms with Gasteiger partial charge in [-0.3, -0.25) is 4.79 Å². The van der Waals surface area contributed by atoms with Crippen LogP contribution in [0.15, 0.2) is 24.3 Å². The van der Waals surface area contributed by atoms with E-state index in [4.69, 9.17) is 4.74 Å². The van der Waals surface area contributed by atoms with Crippen LogP contribution in [0.3, 0.4) is 0 Å². The topological polar surface area (TPSA) is 50.4 Å². The van der Waals surface area contributed by atoms with Gasteiger partial charge in [0.15, 0.2) is 0 Å². The van der Waals surface area contributed by atoms with Crippen LogP contribution in [0.1, 0.15) is 46.5 Å². The van der Waals surface area contributed by atoms with E-state index in [-0.39, 0.29) is 11.3 Å². The van der Waals surface area contributed by atoms with Crippen molar-refractivity contribution in [1.82, 2.24) is 5.32 Å². The number of rotatable bonds is 5. The molecular weight excluding hydrogens is 288 g/mol. The van der Waals surface area contributed by atoms with Gasteiger partial charge in [-0.05, 0) is 36.3 Å². The molecule has 0 saturated heterocycles. The third-order valence-electron chi connectivity index (χ3n) is 4.76. The van der Waals surface area contributed by atoms with Crippen LogP contribution in [0.5, 0.6) is 5.75 Å². The summed E-state index contributed by atoms with van der Waals surface area (Å²) < 4.78 is 5.18. The number of nitrogens with one attached hydrogen (secondary N) is 2. The average Bonchev–Trinajstić information content (AvgIpc) is 2.52. The van der Waals surface area contributed by atoms with Gasteiger partial charge in [-0.25, -0.2) is 0 Å². The van der Waals surface area contributed by atoms with Crippen molar-refractivity contribution in [2.45, 2.75) is 52.5 Å². The lowest BCUT2D eigenvalue weighted by Crippen LogP contribution is -2.46. The van der Waals surface area contributed by atoms with Crippen molar-refractivity contribution in [3.8, 4) is 5.75 Å². The molecule has 1 fully saturated rings. The van der Waals surface area contributed by atoms with Gasteiger partial charge in [-0.1, -0.05) is 39.7 Å². The van der Waals surface area contributed by atoms with Crippen molar-refractivity contribution in [2.24, 2.45) is 11.3 Å². The third-order valence-corrected chi connectivity index (χ3v) is 4.76. The molecule has 2 rings (SSSR count). The Morgan fingerprint density at radius 1 is 1.26 bits per heavy atom. The Kier molecular flexibility index (Phi) is 6.05. The monoisotopic (exact) mass is 318 g/mol. The molecule has 2 atom stereocenters. The molecule has 0 heterocycles. The number of amides is 1. The first kappa shape index (κ1) is 17.8. The van der Waals surface area contributed by atoms with Gasteiger partial charge in [0.1, 0.15) is 5.75 Å². The van der Waals surface area contributed by atoms with E-state index in [9.17, 15) is 4.79 Å². The van der Waals surface area contributed by atoms with E-state index in [1.807, 2.05) is 24.3 Å². The molecule has 4 nitrogen and oxygen atoms in total. The highest BCUT2D eigenvalue weighted by atomic mass is 16.5. The summed E-state index contributed by atoms with van der Waals surface area (Å²) in [5.41, 5.74) is 1.05. The van der Waals surface area contributed by atoms with Gasteiger partial charge in [0.25, 0.3) is 0 Å². The molecule has 0 aliphatic heterocycles. The summed E-state index contributed by atoms with van der Waals surface area (Å²) in [5, 5.41) is 6.41. The molecule has 1 aliphatic carbocycles. The lowest BCUT2D eigenvalue weighted by Gasteiger charge is -2.40. The van der Waals surface area contributed by atoms with Gasteiger partial charge in [0, 0.05) is 17.8 Å². The van der Waals surface area contributed by atoms with Gasteiger partial charge in [-0.2, -0.15) is 0 Å². The van der Waals surface area contributed by atoms with Crippen LogP contribution >= 0.6 is 0 Å². The fourth-order valence-corrected chi connectivity index (χ4v) is 3.54. The predicted molar refractivity (Wildman–Crippen MR) is 94.8 cm³/mol. The number of hydrogen-bond acceptors (Lipinski definition) is 3. The van der Waals surface area contributed by atoms with Crippen LogP contribution in [0.2, 0.25) is 0 Å². The molecule has 4 heteroatoms. The minimum atomic E-state index is -0.00325. The van der Waals surface area contributed by atoms with Crippen LogP contribution in [0.25, 0.3) is 0 Å². The zero-order chi connectivity index (χ0) is 16.9. The maximum atomic E-state index is 12.2. The molecular formula is C19H30N2O2. The van der Waals surface area contributed by atoms with E-state index in [2.05, 4.69) is 31.4 Å². The molecule has 1 aromatic carbocycles. The number of anilines is 1. The second-order valence-electron chi connectivity index (χ2n) is 7.52. The van der Waals surface area contributed by atoms with E-state index in [1.54, 1.807) is 7.11 Å². The normalized spacial score (nSPS) is 21.7. The standard InChI is InChI=1S/C19H30N2O2/c1-19(2,3)16-10-5-6-11-17(16)20-13-18(22)21-14-8-7-9-15(12-14)23-4/h7-9,12,16-17,20H,5-6,10-11,13H2,1-4H3,(H,21,22). The van der Waals surface area contributed by atoms with E-state index >= 15 is 0 Å². The Morgan fingerprint density at radius 2 is 2.00 bits per heavy atom. The number of hydrogen-bond donors (Lipinski definition) is 2. The molecule has 0 spiro atoms. The van der Waals surface area contributed by atoms with Crippen molar-refractivity contribution in [3.05, 3.63) is 24.3 Å². The van der Waals surface area contributed by atoms with Crippen LogP contribution in [-0.2, 0) is 4.79 Å². The largest absolute Gasteiger partial charge is 0.497 e. The molecule has 128 valence electrons. The number of carbonyl (C=O) groups excluding carboxylic acids is 1. The van der Waals surface area contributed by atoms with Gasteiger partial charge in [-0.15, -0.1) is 0 Å². The van der Waals surface area contributed by atoms with Gasteiger partial charge in [0.2, 0.25) is 5.91 Å². The Hall–Kier alpha value is -1.55. The Balaban J connectivity index is 1.87. The fraction of sp³-hybridized carbons (Fsp3) is 0.632. The van der Waals surface area contributed by atoms with E-state index < -0.39 is 0 Å². The zero-order valence-corrected chi connectivity index (χ0v) is 14.8. The second-order valence-corrected chi connectivity index (χ2v) is 7.52. The van der Waals surface area contributed by atoms with E-state index in [1.165, 1.54) is 19.3 Å². The number of methoxy groups -OCH3 is 1. The third kappa shape index (κ3) is 5.24. The molecule has 0 aromatic heterocycles. The van der Waals surface area contributed by atoms with Crippen LogP contribution in [0, 0.1) is 11.3 Å². The van der Waals surface area contributed by atoms with Crippen molar-refractivity contribution >= 4 is 11.6 Å². The highest BCUT2D eigenvalue weighted by molar-refractivity contribution is 5.92. The summed E-state index contributed by atoms with van der Waals surface area (Å²) in [4.78, 5) is 12.2. The maximum absolute atomic E-state index is 12.2. The lowest BCUT2D eigenvalue weighted by molar-refractivity contribution is -0.115. The summed E-state index contributed by atoms with van der Waals surface area (Å²) in [7, 11) is 1.62. The summed E-state index contributed by atoms with van der Waals surface area (Å²) >= 11 is 0. The van der Waals surface area contributed by atoms with Crippen LogP contribution in [0.4, 0.5) is 5.69 Å². The molecule has 1 amide bonds. The molecule has 0 radical (unpaired) electrons. The van der Waals surface area contributed by atoms with Gasteiger partial charge in [0.05, 0.1) is 13.7 Å². The van der Waals surface area contributed by atoms with E-state index in [0.29, 0.717) is 18.5 Å². The number of ether oxygens (including phenoxy) is 1. The quantitative estimate of drug-likeness (QED) is 0.867. The lowest BCUT2D eigenvalue weighted by atomic mass is 9.69. The number of carbonyl (C=O) groups is 1. The smallest absolute Gasteiger partial charge is 0.238 e. The fourth-order valence-electron chi connectivity index (χ4n) is 3.54. The van der Waals surface area contributed by atoms with Crippen molar-refractivity contribution in [1.29, 1.82) is 0 Å². The average molecular weight is 318 g/mol. The summed E-state index contributed by atoms with van der Waals surface area (Å²) in [6, 6.07) is 7.87. The van der Waals surface area contributed by atoms with E-state index in [0.717, 1.165) is 17.9 Å². The van der Waals surface area contributed by atoms with Gasteiger partial charge >= 0.3 is 0 Å². The molecule has 1 aliphatic rings. The first-order valence-corrected chi connectivity index (χ1v) is 8.57. The minimum Gasteiger partial charge on any atom is -0.497 e. The van der Waals surface area contributed by atoms with Gasteiger partial charge < -0.3 is 15.4 Å². The zero-order valence-electron chi connectivity index (χ0n) is 14.8. The minimum absolute atomic E-state index is 0.00325. The molecule has 1 saturated carbocycles. The van der Waals surface area contributed by atoms with Crippen molar-refractivity contribution in [3.63, 3.8) is 0 Å². The maximum Gasteiger partial charge on any atom is 0.238 e. The summed E-state index contributed by atoms with van der Waals surface area (Å²) in [5.74, 6) is 1.37. The van der Waals surface area contributed by atoms with Crippen LogP contribution < -0.4 is 15.4 Å². The number of benzene rings is 1. The molecule has 2 unspecified atom stereocenters. The first-order chi connectivity index (χ1) is 10.9. The summed E-state index contributed by atoms with van der Waals surface area (Å²) in [6.07, 6.45) is 4.96. The molecule has 0 bridgehead atoms. The Labute approximate surface area is 140 Å². The van der Waals surface area contributed by atoms with Crippen molar-refractivity contribution in [2.75, 3.05) is 19.0 Å². The Morgan fingerprint density at radius 3 is 2.70 bits per heavy atom. The predicted octanol–water partition coefficient (Wildman–Crippen LogP) is 3.83. The SMILES string of the molecule is COc1cccc(NC(=O)CNC2CCCCC2C(C)(C)C)c1. The molecule has 23 heavy (non-hydrogen) atoms. The molecule has 1 aromatic rings. The van der Waals surface area contributed by atoms with Crippen molar-refractivity contribution < 1.29 is 9.53 Å². The highest BCUT2D eigenvalue weighted by Crippen LogP contribution is 2.37. The van der Waals surface area contributed by atoms with Crippen LogP contribution in [-0.4, -0.2) is 25.6 Å². The molecule has 2 N–H and O–H groups in total. The second kappa shape index (κ2) is 7.82. The summed E-state index contributed by atoms with van der Waals surface area (Å²) in [6.45, 7) is 7.25. The highest BCUT2D eigenvalue weighted by Gasteiger charge is 2.33. The Bertz CT molecular complexity index is 522.